The molecule has 6 heteroatoms. The molecule has 2 heterocycles. The van der Waals surface area contributed by atoms with E-state index in [1.165, 1.54) is 19.4 Å². The van der Waals surface area contributed by atoms with Gasteiger partial charge in [0.05, 0.1) is 24.7 Å². The number of rotatable bonds is 5. The highest BCUT2D eigenvalue weighted by Crippen LogP contribution is 2.31. The number of amides is 1. The Morgan fingerprint density at radius 3 is 2.79 bits per heavy atom. The molecule has 0 bridgehead atoms. The molecule has 1 fully saturated rings. The molecule has 1 aromatic rings. The fourth-order valence-corrected chi connectivity index (χ4v) is 3.30. The maximum atomic E-state index is 12.3. The second-order valence-electron chi connectivity index (χ2n) is 6.50. The van der Waals surface area contributed by atoms with Crippen LogP contribution in [0.4, 0.5) is 16.2 Å². The minimum absolute atomic E-state index is 0. The Hall–Kier alpha value is -1.46. The highest BCUT2D eigenvalue weighted by atomic mass is 35.5. The van der Waals surface area contributed by atoms with Crippen LogP contribution in [0.2, 0.25) is 0 Å². The number of hydrogen-bond donors (Lipinski definition) is 1. The summed E-state index contributed by atoms with van der Waals surface area (Å²) in [6.45, 7) is 6.75. The molecule has 0 atom stereocenters. The normalized spacial score (nSPS) is 17.8. The molecule has 0 saturated carbocycles. The Kier molecular flexibility index (Phi) is 7.18. The number of halogens is 1. The first-order valence-corrected chi connectivity index (χ1v) is 8.77. The second kappa shape index (κ2) is 9.14. The summed E-state index contributed by atoms with van der Waals surface area (Å²) in [6, 6.07) is 7.84. The fourth-order valence-electron chi connectivity index (χ4n) is 3.30. The summed E-state index contributed by atoms with van der Waals surface area (Å²) in [6.07, 6.45) is 4.55. The number of anilines is 2. The third-order valence-corrected chi connectivity index (χ3v) is 4.82. The van der Waals surface area contributed by atoms with Crippen molar-refractivity contribution >= 4 is 29.9 Å². The summed E-state index contributed by atoms with van der Waals surface area (Å²) in [5, 5.41) is 3.21. The number of nitrogens with one attached hydrogen (secondary N) is 1. The van der Waals surface area contributed by atoms with Crippen LogP contribution in [0.3, 0.4) is 0 Å². The zero-order valence-electron chi connectivity index (χ0n) is 14.4. The van der Waals surface area contributed by atoms with Gasteiger partial charge in [0.15, 0.2) is 0 Å². The van der Waals surface area contributed by atoms with Crippen LogP contribution in [0.1, 0.15) is 32.6 Å². The van der Waals surface area contributed by atoms with Crippen LogP contribution in [0, 0.1) is 5.92 Å². The van der Waals surface area contributed by atoms with Crippen LogP contribution in [-0.2, 0) is 4.74 Å². The van der Waals surface area contributed by atoms with Gasteiger partial charge in [0.1, 0.15) is 0 Å². The van der Waals surface area contributed by atoms with Crippen LogP contribution in [-0.4, -0.2) is 43.9 Å². The van der Waals surface area contributed by atoms with Crippen molar-refractivity contribution in [2.24, 2.45) is 5.92 Å². The van der Waals surface area contributed by atoms with E-state index >= 15 is 0 Å². The smallest absolute Gasteiger partial charge is 0.415 e. The van der Waals surface area contributed by atoms with Gasteiger partial charge in [0.25, 0.3) is 0 Å². The van der Waals surface area contributed by atoms with E-state index in [9.17, 15) is 4.79 Å². The number of likely N-dealkylation sites (tertiary alicyclic amines) is 1. The van der Waals surface area contributed by atoms with E-state index in [4.69, 9.17) is 4.74 Å². The average Bonchev–Trinajstić information content (AvgIpc) is 3.03. The minimum atomic E-state index is -0.240. The minimum Gasteiger partial charge on any atom is -0.449 e. The third kappa shape index (κ3) is 4.54. The Balaban J connectivity index is 0.00000208. The molecular formula is C18H28ClN3O2. The van der Waals surface area contributed by atoms with Gasteiger partial charge >= 0.3 is 6.09 Å². The number of benzene rings is 1. The van der Waals surface area contributed by atoms with Crippen molar-refractivity contribution in [3.63, 3.8) is 0 Å². The lowest BCUT2D eigenvalue weighted by molar-refractivity contribution is 0.101. The van der Waals surface area contributed by atoms with Crippen molar-refractivity contribution in [1.82, 2.24) is 4.90 Å². The molecule has 134 valence electrons. The first-order valence-electron chi connectivity index (χ1n) is 8.77. The number of carbonyl (C=O) groups is 1. The van der Waals surface area contributed by atoms with Crippen LogP contribution in [0.5, 0.6) is 0 Å². The van der Waals surface area contributed by atoms with Crippen molar-refractivity contribution in [2.45, 2.75) is 32.6 Å². The van der Waals surface area contributed by atoms with Crippen LogP contribution in [0.15, 0.2) is 24.3 Å². The number of carbonyl (C=O) groups excluding carboxylic acids is 1. The van der Waals surface area contributed by atoms with Crippen LogP contribution >= 0.6 is 12.4 Å². The lowest BCUT2D eigenvalue weighted by Crippen LogP contribution is -2.37. The highest BCUT2D eigenvalue weighted by molar-refractivity contribution is 5.95. The van der Waals surface area contributed by atoms with Gasteiger partial charge in [-0.3, -0.25) is 4.90 Å². The summed E-state index contributed by atoms with van der Waals surface area (Å²) in [5.74, 6) is 0.502. The molecule has 1 saturated heterocycles. The van der Waals surface area contributed by atoms with Gasteiger partial charge < -0.3 is 15.0 Å². The molecule has 24 heavy (non-hydrogen) atoms. The van der Waals surface area contributed by atoms with Gasteiger partial charge in [-0.2, -0.15) is 0 Å². The van der Waals surface area contributed by atoms with Crippen molar-refractivity contribution in [3.8, 4) is 0 Å². The molecule has 2 aliphatic rings. The average molecular weight is 354 g/mol. The number of ether oxygens (including phenoxy) is 1. The predicted molar refractivity (Wildman–Crippen MR) is 100 cm³/mol. The number of piperidine rings is 1. The van der Waals surface area contributed by atoms with E-state index in [2.05, 4.69) is 17.1 Å². The zero-order chi connectivity index (χ0) is 16.1. The molecule has 2 aliphatic heterocycles. The number of unbranched alkanes of at least 4 members (excludes halogenated alkanes) is 1. The van der Waals surface area contributed by atoms with Crippen LogP contribution in [0.25, 0.3) is 0 Å². The molecule has 0 radical (unpaired) electrons. The SMILES string of the molecule is CCCCN1CCC(COC(=O)N2CNc3ccccc32)CC1.Cl. The molecule has 0 unspecified atom stereocenters. The first kappa shape index (κ1) is 18.9. The maximum Gasteiger partial charge on any atom is 0.415 e. The van der Waals surface area contributed by atoms with Crippen molar-refractivity contribution < 1.29 is 9.53 Å². The van der Waals surface area contributed by atoms with Crippen molar-refractivity contribution in [1.29, 1.82) is 0 Å². The first-order chi connectivity index (χ1) is 11.3. The molecule has 1 N–H and O–H groups in total. The topological polar surface area (TPSA) is 44.8 Å². The molecular weight excluding hydrogens is 326 g/mol. The van der Waals surface area contributed by atoms with Gasteiger partial charge in [-0.05, 0) is 56.9 Å². The van der Waals surface area contributed by atoms with Gasteiger partial charge in [-0.1, -0.05) is 25.5 Å². The summed E-state index contributed by atoms with van der Waals surface area (Å²) in [5.41, 5.74) is 1.90. The van der Waals surface area contributed by atoms with Gasteiger partial charge in [0, 0.05) is 0 Å². The summed E-state index contributed by atoms with van der Waals surface area (Å²) in [4.78, 5) is 16.5. The number of nitrogens with zero attached hydrogens (tertiary/aromatic N) is 2. The molecule has 5 nitrogen and oxygen atoms in total. The Morgan fingerprint density at radius 1 is 1.29 bits per heavy atom. The van der Waals surface area contributed by atoms with Gasteiger partial charge in [0.2, 0.25) is 0 Å². The monoisotopic (exact) mass is 353 g/mol. The number of hydrogen-bond acceptors (Lipinski definition) is 4. The second-order valence-corrected chi connectivity index (χ2v) is 6.50. The van der Waals surface area contributed by atoms with E-state index in [1.54, 1.807) is 4.90 Å². The standard InChI is InChI=1S/C18H27N3O2.ClH/c1-2-3-10-20-11-8-15(9-12-20)13-23-18(22)21-14-19-16-6-4-5-7-17(16)21;/h4-7,15,19H,2-3,8-14H2,1H3;1H. The number of fused-ring (bicyclic) bond motifs is 1. The van der Waals surface area contributed by atoms with Crippen molar-refractivity contribution in [2.75, 3.05) is 43.1 Å². The lowest BCUT2D eigenvalue weighted by atomic mass is 9.98. The summed E-state index contributed by atoms with van der Waals surface area (Å²) >= 11 is 0. The van der Waals surface area contributed by atoms with Gasteiger partial charge in [-0.25, -0.2) is 4.79 Å². The highest BCUT2D eigenvalue weighted by Gasteiger charge is 2.26. The van der Waals surface area contributed by atoms with E-state index < -0.39 is 0 Å². The largest absolute Gasteiger partial charge is 0.449 e. The maximum absolute atomic E-state index is 12.3. The quantitative estimate of drug-likeness (QED) is 0.870. The Bertz CT molecular complexity index is 533. The molecule has 1 amide bonds. The number of para-hydroxylation sites is 2. The Labute approximate surface area is 150 Å². The van der Waals surface area contributed by atoms with E-state index in [-0.39, 0.29) is 18.5 Å². The molecule has 0 aromatic heterocycles. The summed E-state index contributed by atoms with van der Waals surface area (Å²) < 4.78 is 5.57. The predicted octanol–water partition coefficient (Wildman–Crippen LogP) is 3.95. The third-order valence-electron chi connectivity index (χ3n) is 4.82. The Morgan fingerprint density at radius 2 is 2.04 bits per heavy atom. The summed E-state index contributed by atoms with van der Waals surface area (Å²) in [7, 11) is 0. The molecule has 1 aromatic carbocycles. The molecule has 0 aliphatic carbocycles. The van der Waals surface area contributed by atoms with Crippen LogP contribution < -0.4 is 10.2 Å². The zero-order valence-corrected chi connectivity index (χ0v) is 15.2. The fraction of sp³-hybridized carbons (Fsp3) is 0.611. The van der Waals surface area contributed by atoms with E-state index in [0.29, 0.717) is 19.2 Å². The molecule has 0 spiro atoms. The van der Waals surface area contributed by atoms with Crippen molar-refractivity contribution in [3.05, 3.63) is 24.3 Å². The lowest BCUT2D eigenvalue weighted by Gasteiger charge is -2.31. The molecule has 3 rings (SSSR count). The van der Waals surface area contributed by atoms with E-state index in [1.807, 2.05) is 24.3 Å². The van der Waals surface area contributed by atoms with E-state index in [0.717, 1.165) is 37.3 Å². The van der Waals surface area contributed by atoms with Gasteiger partial charge in [-0.15, -0.1) is 12.4 Å².